The third kappa shape index (κ3) is 7.52. The van der Waals surface area contributed by atoms with Crippen LogP contribution in [0.1, 0.15) is 27.8 Å². The topological polar surface area (TPSA) is 153 Å². The van der Waals surface area contributed by atoms with Gasteiger partial charge in [-0.05, 0) is 49.4 Å². The summed E-state index contributed by atoms with van der Waals surface area (Å²) in [6.07, 6.45) is 1.56. The van der Waals surface area contributed by atoms with Gasteiger partial charge in [-0.1, -0.05) is 5.21 Å². The van der Waals surface area contributed by atoms with Crippen LogP contribution in [0.25, 0.3) is 22.4 Å². The number of Topliss-reactive ketones (excluding diaryl/α,β-unsaturated/α-hetero) is 1. The van der Waals surface area contributed by atoms with Gasteiger partial charge in [-0.15, -0.1) is 5.10 Å². The molecule has 1 amide bonds. The number of anilines is 1. The van der Waals surface area contributed by atoms with E-state index in [2.05, 4.69) is 25.6 Å². The van der Waals surface area contributed by atoms with E-state index < -0.39 is 0 Å². The van der Waals surface area contributed by atoms with Crippen LogP contribution < -0.4 is 5.32 Å². The number of benzene rings is 2. The number of H-pyrrole nitrogens is 1. The second-order valence-corrected chi connectivity index (χ2v) is 8.33. The van der Waals surface area contributed by atoms with E-state index in [1.54, 1.807) is 35.1 Å². The number of amides is 1. The second kappa shape index (κ2) is 13.5. The first kappa shape index (κ1) is 27.1. The van der Waals surface area contributed by atoms with E-state index in [0.717, 1.165) is 16.6 Å². The predicted octanol–water partition coefficient (Wildman–Crippen LogP) is 2.32. The number of nitrogens with one attached hydrogen (secondary N) is 2. The van der Waals surface area contributed by atoms with Crippen molar-refractivity contribution in [1.29, 1.82) is 0 Å². The highest BCUT2D eigenvalue weighted by atomic mass is 16.5. The van der Waals surface area contributed by atoms with E-state index in [1.807, 2.05) is 18.2 Å². The van der Waals surface area contributed by atoms with E-state index in [1.165, 1.54) is 6.92 Å². The maximum Gasteiger partial charge on any atom is 0.277 e. The Kier molecular flexibility index (Phi) is 9.65. The molecule has 0 saturated heterocycles. The van der Waals surface area contributed by atoms with Gasteiger partial charge in [0.15, 0.2) is 11.5 Å². The van der Waals surface area contributed by atoms with Gasteiger partial charge < -0.3 is 29.6 Å². The number of carbonyl (C=O) groups is 2. The lowest BCUT2D eigenvalue weighted by Crippen LogP contribution is -2.13. The van der Waals surface area contributed by atoms with Crippen LogP contribution in [0, 0.1) is 0 Å². The summed E-state index contributed by atoms with van der Waals surface area (Å²) in [5.74, 6) is 0.292. The van der Waals surface area contributed by atoms with Gasteiger partial charge >= 0.3 is 0 Å². The first-order valence-corrected chi connectivity index (χ1v) is 12.2. The van der Waals surface area contributed by atoms with Crippen LogP contribution in [0.3, 0.4) is 0 Å². The minimum absolute atomic E-state index is 0.00171. The van der Waals surface area contributed by atoms with Gasteiger partial charge in [-0.2, -0.15) is 0 Å². The van der Waals surface area contributed by atoms with Gasteiger partial charge in [-0.3, -0.25) is 9.59 Å². The van der Waals surface area contributed by atoms with E-state index >= 15 is 0 Å². The molecular formula is C26H30N6O6. The molecule has 12 heteroatoms. The van der Waals surface area contributed by atoms with Crippen molar-refractivity contribution in [2.75, 3.05) is 51.6 Å². The van der Waals surface area contributed by atoms with Crippen LogP contribution in [0.4, 0.5) is 5.69 Å². The lowest BCUT2D eigenvalue weighted by atomic mass is 10.1. The quantitative estimate of drug-likeness (QED) is 0.158. The maximum absolute atomic E-state index is 12.6. The Morgan fingerprint density at radius 1 is 0.974 bits per heavy atom. The molecule has 0 saturated carbocycles. The summed E-state index contributed by atoms with van der Waals surface area (Å²) in [4.78, 5) is 32.0. The molecule has 2 heterocycles. The van der Waals surface area contributed by atoms with Crippen molar-refractivity contribution in [3.8, 4) is 11.4 Å². The van der Waals surface area contributed by atoms with Crippen molar-refractivity contribution >= 4 is 28.4 Å². The highest BCUT2D eigenvalue weighted by Crippen LogP contribution is 2.23. The normalized spacial score (nSPS) is 11.2. The van der Waals surface area contributed by atoms with E-state index in [0.29, 0.717) is 63.3 Å². The summed E-state index contributed by atoms with van der Waals surface area (Å²) in [6.45, 7) is 4.40. The SMILES string of the molecule is CC(=O)c1ccc2nc(-c3ccc(NC(=O)c4cn(CCOCCOCCOCCO)nn4)cc3)[nH]c2c1. The molecule has 200 valence electrons. The number of aromatic amines is 1. The highest BCUT2D eigenvalue weighted by molar-refractivity contribution is 6.02. The van der Waals surface area contributed by atoms with Gasteiger partial charge in [0.05, 0.1) is 70.0 Å². The number of rotatable bonds is 15. The fourth-order valence-electron chi connectivity index (χ4n) is 3.55. The van der Waals surface area contributed by atoms with Crippen LogP contribution in [0.5, 0.6) is 0 Å². The Balaban J connectivity index is 1.22. The van der Waals surface area contributed by atoms with Crippen LogP contribution in [0.15, 0.2) is 48.7 Å². The summed E-state index contributed by atoms with van der Waals surface area (Å²) < 4.78 is 17.5. The molecule has 0 aliphatic heterocycles. The molecule has 0 radical (unpaired) electrons. The number of hydrogen-bond donors (Lipinski definition) is 3. The molecule has 0 unspecified atom stereocenters. The Labute approximate surface area is 218 Å². The van der Waals surface area contributed by atoms with E-state index in [4.69, 9.17) is 19.3 Å². The van der Waals surface area contributed by atoms with Crippen molar-refractivity contribution in [3.63, 3.8) is 0 Å². The van der Waals surface area contributed by atoms with Gasteiger partial charge in [0.2, 0.25) is 0 Å². The van der Waals surface area contributed by atoms with E-state index in [9.17, 15) is 9.59 Å². The molecule has 4 rings (SSSR count). The first-order valence-electron chi connectivity index (χ1n) is 12.2. The second-order valence-electron chi connectivity index (χ2n) is 8.33. The lowest BCUT2D eigenvalue weighted by Gasteiger charge is -2.06. The summed E-state index contributed by atoms with van der Waals surface area (Å²) >= 11 is 0. The molecule has 0 bridgehead atoms. The minimum atomic E-state index is -0.373. The number of fused-ring (bicyclic) bond motifs is 1. The number of aliphatic hydroxyl groups is 1. The number of carbonyl (C=O) groups excluding carboxylic acids is 2. The zero-order chi connectivity index (χ0) is 26.7. The van der Waals surface area contributed by atoms with Crippen molar-refractivity contribution in [2.45, 2.75) is 13.5 Å². The number of ketones is 1. The van der Waals surface area contributed by atoms with Gasteiger partial charge in [0, 0.05) is 16.8 Å². The Bertz CT molecular complexity index is 1350. The zero-order valence-corrected chi connectivity index (χ0v) is 21.1. The molecule has 0 atom stereocenters. The fourth-order valence-corrected chi connectivity index (χ4v) is 3.55. The Morgan fingerprint density at radius 2 is 1.68 bits per heavy atom. The number of aliphatic hydroxyl groups excluding tert-OH is 1. The lowest BCUT2D eigenvalue weighted by molar-refractivity contribution is 0.00628. The van der Waals surface area contributed by atoms with Gasteiger partial charge in [-0.25, -0.2) is 9.67 Å². The standard InChI is InChI=1S/C26H30N6O6/c1-18(34)20-4-7-22-23(16-20)29-25(28-22)19-2-5-21(6-3-19)27-26(35)24-17-32(31-30-24)8-10-36-12-14-38-15-13-37-11-9-33/h2-7,16-17,33H,8-15H2,1H3,(H,27,35)(H,28,29). The first-order chi connectivity index (χ1) is 18.5. The third-order valence-electron chi connectivity index (χ3n) is 5.52. The molecule has 0 fully saturated rings. The van der Waals surface area contributed by atoms with Crippen LogP contribution in [-0.4, -0.2) is 88.0 Å². The number of nitrogens with zero attached hydrogens (tertiary/aromatic N) is 4. The maximum atomic E-state index is 12.6. The number of imidazole rings is 1. The Morgan fingerprint density at radius 3 is 2.39 bits per heavy atom. The average molecular weight is 523 g/mol. The van der Waals surface area contributed by atoms with Crippen LogP contribution in [-0.2, 0) is 20.8 Å². The molecule has 4 aromatic rings. The molecule has 3 N–H and O–H groups in total. The molecule has 2 aromatic carbocycles. The van der Waals surface area contributed by atoms with Crippen molar-refractivity contribution in [1.82, 2.24) is 25.0 Å². The monoisotopic (exact) mass is 522 g/mol. The molecule has 0 aliphatic rings. The third-order valence-corrected chi connectivity index (χ3v) is 5.52. The number of aromatic nitrogens is 5. The van der Waals surface area contributed by atoms with Crippen LogP contribution in [0.2, 0.25) is 0 Å². The summed E-state index contributed by atoms with van der Waals surface area (Å²) in [5.41, 5.74) is 3.82. The highest BCUT2D eigenvalue weighted by Gasteiger charge is 2.12. The molecule has 0 spiro atoms. The van der Waals surface area contributed by atoms with Crippen molar-refractivity contribution in [3.05, 3.63) is 59.9 Å². The fraction of sp³-hybridized carbons (Fsp3) is 0.346. The largest absolute Gasteiger partial charge is 0.394 e. The minimum Gasteiger partial charge on any atom is -0.394 e. The Hall–Kier alpha value is -3.97. The van der Waals surface area contributed by atoms with E-state index in [-0.39, 0.29) is 24.0 Å². The summed E-state index contributed by atoms with van der Waals surface area (Å²) in [6, 6.07) is 12.6. The smallest absolute Gasteiger partial charge is 0.277 e. The van der Waals surface area contributed by atoms with Gasteiger partial charge in [0.1, 0.15) is 5.82 Å². The molecule has 2 aromatic heterocycles. The molecule has 0 aliphatic carbocycles. The van der Waals surface area contributed by atoms with Gasteiger partial charge in [0.25, 0.3) is 5.91 Å². The summed E-state index contributed by atoms with van der Waals surface area (Å²) in [7, 11) is 0. The molecule has 12 nitrogen and oxygen atoms in total. The predicted molar refractivity (Wildman–Crippen MR) is 139 cm³/mol. The average Bonchev–Trinajstić information content (AvgIpc) is 3.57. The molecular weight excluding hydrogens is 492 g/mol. The van der Waals surface area contributed by atoms with Crippen molar-refractivity contribution < 1.29 is 28.9 Å². The zero-order valence-electron chi connectivity index (χ0n) is 21.1. The number of ether oxygens (including phenoxy) is 3. The number of hydrogen-bond acceptors (Lipinski definition) is 9. The summed E-state index contributed by atoms with van der Waals surface area (Å²) in [5, 5.41) is 19.3. The van der Waals surface area contributed by atoms with Crippen LogP contribution >= 0.6 is 0 Å². The molecule has 38 heavy (non-hydrogen) atoms. The van der Waals surface area contributed by atoms with Crippen molar-refractivity contribution in [2.24, 2.45) is 0 Å².